The van der Waals surface area contributed by atoms with Crippen LogP contribution in [0.2, 0.25) is 0 Å². The number of carbonyl (C=O) groups is 10. The van der Waals surface area contributed by atoms with Crippen molar-refractivity contribution in [3.05, 3.63) is 144 Å². The number of hydrogen-bond acceptors (Lipinski definition) is 13. The molecule has 0 bridgehead atoms. The Morgan fingerprint density at radius 2 is 0.605 bits per heavy atom. The molecule has 23 nitrogen and oxygen atoms in total. The molecule has 17 N–H and O–H groups in total. The predicted molar refractivity (Wildman–Crippen MR) is 301 cm³/mol. The molecule has 0 aromatic heterocycles. The van der Waals surface area contributed by atoms with Crippen molar-refractivity contribution in [2.24, 2.45) is 22.9 Å². The maximum atomic E-state index is 14.9. The predicted octanol–water partition coefficient (Wildman–Crippen LogP) is 0.151. The van der Waals surface area contributed by atoms with Crippen molar-refractivity contribution in [2.75, 3.05) is 13.1 Å². The molecule has 81 heavy (non-hydrogen) atoms. The Labute approximate surface area is 470 Å². The lowest BCUT2D eigenvalue weighted by Gasteiger charge is -2.28. The Kier molecular flexibility index (Phi) is 28.2. The van der Waals surface area contributed by atoms with Crippen molar-refractivity contribution in [3.63, 3.8) is 0 Å². The number of unbranched alkanes of at least 4 members (excludes halogenated alkanes) is 2. The van der Waals surface area contributed by atoms with Gasteiger partial charge >= 0.3 is 11.9 Å². The standard InChI is InChI=1S/C58H77N11O12/c59-31-15-13-25-41(61)52(75)64-44(28-30-50(72)73)54(77)66-46(34-38-19-7-2-8-20-38)56(79)68-48(36-40-23-11-4-12-24-40)58(81)69-47(35-39-21-9-3-10-22-39)57(80)67-45(33-37-17-5-1-6-18-37)55(78)65-43(26-14-16-32-60)53(76)63-42(51(62)74)27-29-49(70)71/h1-12,17-24,41-48H,13-16,25-36,59-61H2,(H2,62,74)(H,63,76)(H,64,75)(H,65,78)(H,66,77)(H,67,80)(H,68,79)(H,69,81)(H,70,71)(H,72,73)/t41-,42-,43-,44-,45-,46-,47-,48-/m0/s1. The number of benzene rings is 4. The first-order valence-electron chi connectivity index (χ1n) is 27.0. The molecule has 436 valence electrons. The third-order valence-corrected chi connectivity index (χ3v) is 13.1. The largest absolute Gasteiger partial charge is 0.481 e. The molecule has 0 radical (unpaired) electrons. The van der Waals surface area contributed by atoms with E-state index in [-0.39, 0.29) is 57.9 Å². The number of aliphatic carboxylic acids is 2. The van der Waals surface area contributed by atoms with Crippen LogP contribution in [-0.2, 0) is 73.6 Å². The second-order valence-electron chi connectivity index (χ2n) is 19.6. The number of carboxylic acid groups (broad SMARTS) is 2. The van der Waals surface area contributed by atoms with Crippen LogP contribution in [0.25, 0.3) is 0 Å². The molecule has 0 aliphatic rings. The summed E-state index contributed by atoms with van der Waals surface area (Å²) < 4.78 is 0. The van der Waals surface area contributed by atoms with Gasteiger partial charge in [0.1, 0.15) is 42.3 Å². The molecule has 0 aliphatic carbocycles. The van der Waals surface area contributed by atoms with E-state index in [4.69, 9.17) is 22.9 Å². The SMILES string of the molecule is NCCCC[C@H](NC(=O)[C@H](Cc1ccccc1)NC(=O)[C@H](Cc1ccccc1)NC(=O)[C@H](Cc1ccccc1)NC(=O)[C@H](Cc1ccccc1)NC(=O)[C@H](CCC(=O)O)NC(=O)[C@@H](N)CCCCN)C(=O)N[C@@H](CCC(=O)O)C(N)=O. The third-order valence-electron chi connectivity index (χ3n) is 13.1. The fourth-order valence-electron chi connectivity index (χ4n) is 8.64. The minimum absolute atomic E-state index is 0.0365. The van der Waals surface area contributed by atoms with Crippen LogP contribution in [-0.4, -0.2) is 131 Å². The minimum Gasteiger partial charge on any atom is -0.481 e. The monoisotopic (exact) mass is 1120 g/mol. The number of primary amides is 1. The molecule has 4 aromatic rings. The molecule has 4 aromatic carbocycles. The summed E-state index contributed by atoms with van der Waals surface area (Å²) in [5.74, 6) is -9.21. The van der Waals surface area contributed by atoms with Gasteiger partial charge in [0.25, 0.3) is 0 Å². The number of carbonyl (C=O) groups excluding carboxylic acids is 8. The van der Waals surface area contributed by atoms with Gasteiger partial charge in [-0.3, -0.25) is 47.9 Å². The second kappa shape index (κ2) is 35.2. The van der Waals surface area contributed by atoms with Gasteiger partial charge in [-0.15, -0.1) is 0 Å². The zero-order valence-electron chi connectivity index (χ0n) is 45.3. The van der Waals surface area contributed by atoms with Crippen molar-refractivity contribution in [1.82, 2.24) is 37.2 Å². The Morgan fingerprint density at radius 3 is 0.914 bits per heavy atom. The highest BCUT2D eigenvalue weighted by atomic mass is 16.4. The van der Waals surface area contributed by atoms with E-state index in [0.717, 1.165) is 0 Å². The van der Waals surface area contributed by atoms with Gasteiger partial charge in [0, 0.05) is 38.5 Å². The van der Waals surface area contributed by atoms with E-state index in [1.807, 2.05) is 0 Å². The molecule has 0 saturated heterocycles. The van der Waals surface area contributed by atoms with Crippen LogP contribution < -0.4 is 60.2 Å². The summed E-state index contributed by atoms with van der Waals surface area (Å²) in [5, 5.41) is 37.5. The first kappa shape index (κ1) is 65.0. The summed E-state index contributed by atoms with van der Waals surface area (Å²) in [6.45, 7) is 0.639. The van der Waals surface area contributed by atoms with Gasteiger partial charge in [-0.05, 0) is 80.3 Å². The lowest BCUT2D eigenvalue weighted by atomic mass is 10.00. The Balaban J connectivity index is 1.70. The summed E-state index contributed by atoms with van der Waals surface area (Å²) in [6, 6.07) is 23.8. The van der Waals surface area contributed by atoms with Crippen molar-refractivity contribution in [3.8, 4) is 0 Å². The molecule has 0 saturated carbocycles. The van der Waals surface area contributed by atoms with E-state index < -0.39 is 120 Å². The third kappa shape index (κ3) is 24.2. The average Bonchev–Trinajstić information content (AvgIpc) is 3.44. The van der Waals surface area contributed by atoms with Gasteiger partial charge in [-0.25, -0.2) is 0 Å². The zero-order valence-corrected chi connectivity index (χ0v) is 45.3. The van der Waals surface area contributed by atoms with Gasteiger partial charge in [0.15, 0.2) is 0 Å². The van der Waals surface area contributed by atoms with Gasteiger partial charge in [0.2, 0.25) is 47.3 Å². The quantitative estimate of drug-likeness (QED) is 0.0268. The van der Waals surface area contributed by atoms with Crippen LogP contribution in [0, 0.1) is 0 Å². The van der Waals surface area contributed by atoms with Crippen LogP contribution in [0.1, 0.15) is 86.5 Å². The van der Waals surface area contributed by atoms with Crippen LogP contribution in [0.5, 0.6) is 0 Å². The van der Waals surface area contributed by atoms with Crippen LogP contribution in [0.15, 0.2) is 121 Å². The molecule has 8 atom stereocenters. The first-order valence-corrected chi connectivity index (χ1v) is 27.0. The summed E-state index contributed by atoms with van der Waals surface area (Å²) in [6.07, 6.45) is 0.0860. The van der Waals surface area contributed by atoms with Crippen molar-refractivity contribution < 1.29 is 58.2 Å². The van der Waals surface area contributed by atoms with Gasteiger partial charge in [-0.1, -0.05) is 128 Å². The summed E-state index contributed by atoms with van der Waals surface area (Å²) in [5.41, 5.74) is 25.3. The molecule has 0 fully saturated rings. The highest BCUT2D eigenvalue weighted by molar-refractivity contribution is 5.98. The van der Waals surface area contributed by atoms with E-state index in [1.54, 1.807) is 121 Å². The van der Waals surface area contributed by atoms with E-state index in [0.29, 0.717) is 54.5 Å². The summed E-state index contributed by atoms with van der Waals surface area (Å²) in [4.78, 5) is 135. The highest BCUT2D eigenvalue weighted by Crippen LogP contribution is 2.13. The molecular weight excluding hydrogens is 1040 g/mol. The van der Waals surface area contributed by atoms with Crippen molar-refractivity contribution in [1.29, 1.82) is 0 Å². The average molecular weight is 1120 g/mol. The van der Waals surface area contributed by atoms with Crippen LogP contribution >= 0.6 is 0 Å². The number of amides is 8. The Morgan fingerprint density at radius 1 is 0.346 bits per heavy atom. The maximum Gasteiger partial charge on any atom is 0.303 e. The van der Waals surface area contributed by atoms with Crippen LogP contribution in [0.3, 0.4) is 0 Å². The fourth-order valence-corrected chi connectivity index (χ4v) is 8.64. The topological polar surface area (TPSA) is 399 Å². The zero-order chi connectivity index (χ0) is 59.1. The summed E-state index contributed by atoms with van der Waals surface area (Å²) in [7, 11) is 0. The second-order valence-corrected chi connectivity index (χ2v) is 19.6. The first-order chi connectivity index (χ1) is 38.9. The Bertz CT molecular complexity index is 2670. The molecule has 4 rings (SSSR count). The molecule has 0 spiro atoms. The van der Waals surface area contributed by atoms with E-state index >= 15 is 0 Å². The minimum atomic E-state index is -1.43. The molecular formula is C58H77N11O12. The molecule has 0 heterocycles. The molecule has 8 amide bonds. The van der Waals surface area contributed by atoms with E-state index in [2.05, 4.69) is 37.2 Å². The van der Waals surface area contributed by atoms with Gasteiger partial charge in [-0.2, -0.15) is 0 Å². The highest BCUT2D eigenvalue weighted by Gasteiger charge is 2.35. The molecule has 23 heteroatoms. The number of hydrogen-bond donors (Lipinski definition) is 13. The van der Waals surface area contributed by atoms with Crippen molar-refractivity contribution >= 4 is 59.2 Å². The molecule has 0 unspecified atom stereocenters. The van der Waals surface area contributed by atoms with Crippen LogP contribution in [0.4, 0.5) is 0 Å². The van der Waals surface area contributed by atoms with Gasteiger partial charge < -0.3 is 70.4 Å². The molecule has 0 aliphatic heterocycles. The smallest absolute Gasteiger partial charge is 0.303 e. The number of nitrogens with one attached hydrogen (secondary N) is 7. The lowest BCUT2D eigenvalue weighted by molar-refractivity contribution is -0.139. The Hall–Kier alpha value is -8.54. The normalized spacial score (nSPS) is 13.9. The fraction of sp³-hybridized carbons (Fsp3) is 0.414. The van der Waals surface area contributed by atoms with Crippen molar-refractivity contribution in [2.45, 2.75) is 138 Å². The number of carboxylic acids is 2. The summed E-state index contributed by atoms with van der Waals surface area (Å²) >= 11 is 0. The lowest BCUT2D eigenvalue weighted by Crippen LogP contribution is -2.61. The number of rotatable bonds is 37. The number of nitrogens with two attached hydrogens (primary N) is 4. The van der Waals surface area contributed by atoms with E-state index in [9.17, 15) is 58.2 Å². The van der Waals surface area contributed by atoms with Gasteiger partial charge in [0.05, 0.1) is 6.04 Å². The van der Waals surface area contributed by atoms with E-state index in [1.165, 1.54) is 0 Å². The maximum absolute atomic E-state index is 14.9.